The number of aliphatic hydroxyl groups is 1. The second kappa shape index (κ2) is 8.29. The summed E-state index contributed by atoms with van der Waals surface area (Å²) < 4.78 is 0. The Morgan fingerprint density at radius 3 is 2.63 bits per heavy atom. The Bertz CT molecular complexity index is 290. The Labute approximate surface area is 134 Å². The van der Waals surface area contributed by atoms with E-state index in [9.17, 15) is 0 Å². The van der Waals surface area contributed by atoms with Crippen LogP contribution in [0, 0.1) is 5.41 Å². The first-order valence-electron chi connectivity index (χ1n) is 7.44. The van der Waals surface area contributed by atoms with Gasteiger partial charge in [-0.2, -0.15) is 0 Å². The molecule has 5 heteroatoms. The lowest BCUT2D eigenvalue weighted by Gasteiger charge is -2.33. The summed E-state index contributed by atoms with van der Waals surface area (Å²) in [4.78, 5) is 6.87. The van der Waals surface area contributed by atoms with E-state index < -0.39 is 0 Å². The predicted octanol–water partition coefficient (Wildman–Crippen LogP) is 2.22. The van der Waals surface area contributed by atoms with Gasteiger partial charge >= 0.3 is 0 Å². The van der Waals surface area contributed by atoms with Crippen LogP contribution in [0.3, 0.4) is 0 Å². The van der Waals surface area contributed by atoms with Crippen molar-refractivity contribution in [1.82, 2.24) is 10.2 Å². The molecular weight excluding hydrogens is 353 g/mol. The standard InChI is InChI=1S/C14H27N3O.HI/c1-2-15-13(16-9-11-18)17-10-8-14(12-17)6-4-3-5-7-14;/h18H,2-12H2,1H3,(H,15,16);1H. The highest BCUT2D eigenvalue weighted by molar-refractivity contribution is 14.0. The van der Waals surface area contributed by atoms with Crippen molar-refractivity contribution in [3.8, 4) is 0 Å². The van der Waals surface area contributed by atoms with Crippen LogP contribution in [0.5, 0.6) is 0 Å². The number of halogens is 1. The van der Waals surface area contributed by atoms with Crippen molar-refractivity contribution >= 4 is 29.9 Å². The molecule has 2 N–H and O–H groups in total. The van der Waals surface area contributed by atoms with Gasteiger partial charge in [0, 0.05) is 19.6 Å². The SMILES string of the molecule is CCNC(=NCCO)N1CCC2(CCCCC2)C1.I. The lowest BCUT2D eigenvalue weighted by atomic mass is 9.73. The van der Waals surface area contributed by atoms with Crippen molar-refractivity contribution in [2.45, 2.75) is 45.4 Å². The average molecular weight is 381 g/mol. The molecule has 1 spiro atoms. The van der Waals surface area contributed by atoms with E-state index in [1.165, 1.54) is 38.5 Å². The summed E-state index contributed by atoms with van der Waals surface area (Å²) in [7, 11) is 0. The topological polar surface area (TPSA) is 47.9 Å². The molecular formula is C14H28IN3O. The van der Waals surface area contributed by atoms with Crippen LogP contribution < -0.4 is 5.32 Å². The maximum absolute atomic E-state index is 8.92. The summed E-state index contributed by atoms with van der Waals surface area (Å²) in [5.41, 5.74) is 0.563. The average Bonchev–Trinajstić information content (AvgIpc) is 2.79. The molecule has 1 heterocycles. The second-order valence-electron chi connectivity index (χ2n) is 5.69. The molecule has 19 heavy (non-hydrogen) atoms. The van der Waals surface area contributed by atoms with Crippen LogP contribution in [0.1, 0.15) is 45.4 Å². The number of likely N-dealkylation sites (tertiary alicyclic amines) is 1. The van der Waals surface area contributed by atoms with E-state index >= 15 is 0 Å². The molecule has 1 saturated carbocycles. The number of rotatable bonds is 3. The smallest absolute Gasteiger partial charge is 0.194 e. The molecule has 0 aromatic heterocycles. The molecule has 4 nitrogen and oxygen atoms in total. The Morgan fingerprint density at radius 1 is 1.26 bits per heavy atom. The minimum absolute atomic E-state index is 0. The van der Waals surface area contributed by atoms with Crippen molar-refractivity contribution in [3.05, 3.63) is 0 Å². The van der Waals surface area contributed by atoms with Crippen molar-refractivity contribution in [1.29, 1.82) is 0 Å². The molecule has 0 aromatic rings. The molecule has 1 saturated heterocycles. The van der Waals surface area contributed by atoms with Crippen molar-refractivity contribution in [2.75, 3.05) is 32.8 Å². The molecule has 0 amide bonds. The molecule has 1 aliphatic heterocycles. The Balaban J connectivity index is 0.00000180. The molecule has 2 aliphatic rings. The maximum atomic E-state index is 8.92. The predicted molar refractivity (Wildman–Crippen MR) is 90.2 cm³/mol. The van der Waals surface area contributed by atoms with Crippen LogP contribution in [0.2, 0.25) is 0 Å². The fourth-order valence-electron chi connectivity index (χ4n) is 3.41. The second-order valence-corrected chi connectivity index (χ2v) is 5.69. The Kier molecular flexibility index (Phi) is 7.42. The van der Waals surface area contributed by atoms with Crippen molar-refractivity contribution in [3.63, 3.8) is 0 Å². The maximum Gasteiger partial charge on any atom is 0.194 e. The van der Waals surface area contributed by atoms with Gasteiger partial charge in [0.05, 0.1) is 13.2 Å². The van der Waals surface area contributed by atoms with Gasteiger partial charge in [-0.05, 0) is 31.6 Å². The first-order chi connectivity index (χ1) is 8.79. The highest BCUT2D eigenvalue weighted by Crippen LogP contribution is 2.43. The molecule has 112 valence electrons. The number of nitrogens with one attached hydrogen (secondary N) is 1. The van der Waals surface area contributed by atoms with E-state index in [2.05, 4.69) is 22.1 Å². The summed E-state index contributed by atoms with van der Waals surface area (Å²) in [6, 6.07) is 0. The third kappa shape index (κ3) is 4.48. The summed E-state index contributed by atoms with van der Waals surface area (Å²) in [5.74, 6) is 0.994. The van der Waals surface area contributed by atoms with E-state index in [0.29, 0.717) is 12.0 Å². The molecule has 0 unspecified atom stereocenters. The fraction of sp³-hybridized carbons (Fsp3) is 0.929. The lowest BCUT2D eigenvalue weighted by molar-refractivity contribution is 0.203. The van der Waals surface area contributed by atoms with Crippen molar-refractivity contribution in [2.24, 2.45) is 10.4 Å². The fourth-order valence-corrected chi connectivity index (χ4v) is 3.41. The van der Waals surface area contributed by atoms with Crippen LogP contribution in [0.4, 0.5) is 0 Å². The van der Waals surface area contributed by atoms with Crippen LogP contribution in [0.25, 0.3) is 0 Å². The zero-order valence-corrected chi connectivity index (χ0v) is 14.4. The van der Waals surface area contributed by atoms with Crippen LogP contribution in [-0.2, 0) is 0 Å². The monoisotopic (exact) mass is 381 g/mol. The zero-order chi connectivity index (χ0) is 12.8. The third-order valence-electron chi connectivity index (χ3n) is 4.35. The number of hydrogen-bond acceptors (Lipinski definition) is 2. The van der Waals surface area contributed by atoms with Crippen molar-refractivity contribution < 1.29 is 5.11 Å². The normalized spacial score (nSPS) is 22.4. The third-order valence-corrected chi connectivity index (χ3v) is 4.35. The van der Waals surface area contributed by atoms with Gasteiger partial charge in [-0.3, -0.25) is 4.99 Å². The minimum atomic E-state index is 0. The summed E-state index contributed by atoms with van der Waals surface area (Å²) in [6.45, 7) is 5.91. The zero-order valence-electron chi connectivity index (χ0n) is 12.0. The number of hydrogen-bond donors (Lipinski definition) is 2. The van der Waals surface area contributed by atoms with Gasteiger partial charge in [0.1, 0.15) is 0 Å². The van der Waals surface area contributed by atoms with Crippen LogP contribution in [0.15, 0.2) is 4.99 Å². The highest BCUT2D eigenvalue weighted by atomic mass is 127. The first kappa shape index (κ1) is 17.0. The van der Waals surface area contributed by atoms with Gasteiger partial charge in [0.2, 0.25) is 0 Å². The van der Waals surface area contributed by atoms with Gasteiger partial charge in [0.25, 0.3) is 0 Å². The molecule has 2 rings (SSSR count). The number of aliphatic hydroxyl groups excluding tert-OH is 1. The van der Waals surface area contributed by atoms with E-state index in [-0.39, 0.29) is 30.6 Å². The van der Waals surface area contributed by atoms with Gasteiger partial charge in [-0.1, -0.05) is 19.3 Å². The lowest BCUT2D eigenvalue weighted by Crippen LogP contribution is -2.41. The Morgan fingerprint density at radius 2 is 2.00 bits per heavy atom. The molecule has 0 radical (unpaired) electrons. The number of nitrogens with zero attached hydrogens (tertiary/aromatic N) is 2. The summed E-state index contributed by atoms with van der Waals surface area (Å²) >= 11 is 0. The Hall–Kier alpha value is -0.0400. The van der Waals surface area contributed by atoms with Gasteiger partial charge in [-0.15, -0.1) is 24.0 Å². The van der Waals surface area contributed by atoms with Gasteiger partial charge < -0.3 is 15.3 Å². The van der Waals surface area contributed by atoms with E-state index in [4.69, 9.17) is 5.11 Å². The number of aliphatic imine (C=N–C) groups is 1. The highest BCUT2D eigenvalue weighted by Gasteiger charge is 2.39. The van der Waals surface area contributed by atoms with E-state index in [1.54, 1.807) is 0 Å². The van der Waals surface area contributed by atoms with Gasteiger partial charge in [0.15, 0.2) is 5.96 Å². The van der Waals surface area contributed by atoms with Crippen LogP contribution >= 0.6 is 24.0 Å². The molecule has 0 atom stereocenters. The van der Waals surface area contributed by atoms with Gasteiger partial charge in [-0.25, -0.2) is 0 Å². The molecule has 2 fully saturated rings. The quantitative estimate of drug-likeness (QED) is 0.448. The first-order valence-corrected chi connectivity index (χ1v) is 7.44. The molecule has 1 aliphatic carbocycles. The largest absolute Gasteiger partial charge is 0.394 e. The van der Waals surface area contributed by atoms with E-state index in [0.717, 1.165) is 25.6 Å². The summed E-state index contributed by atoms with van der Waals surface area (Å²) in [5, 5.41) is 12.3. The van der Waals surface area contributed by atoms with E-state index in [1.807, 2.05) is 0 Å². The minimum Gasteiger partial charge on any atom is -0.394 e. The van der Waals surface area contributed by atoms with Crippen LogP contribution in [-0.4, -0.2) is 48.8 Å². The number of guanidine groups is 1. The summed E-state index contributed by atoms with van der Waals surface area (Å²) in [6.07, 6.45) is 8.32. The molecule has 0 bridgehead atoms. The molecule has 0 aromatic carbocycles.